The first-order valence-corrected chi connectivity index (χ1v) is 7.92. The van der Waals surface area contributed by atoms with Crippen LogP contribution in [0, 0.1) is 0 Å². The van der Waals surface area contributed by atoms with Gasteiger partial charge < -0.3 is 18.3 Å². The smallest absolute Gasteiger partial charge is 0.368 e. The van der Waals surface area contributed by atoms with E-state index in [4.69, 9.17) is 18.3 Å². The lowest BCUT2D eigenvalue weighted by Crippen LogP contribution is -2.49. The van der Waals surface area contributed by atoms with Crippen molar-refractivity contribution in [1.82, 2.24) is 0 Å². The molecule has 0 radical (unpaired) electrons. The molecule has 1 atom stereocenters. The normalized spacial score (nSPS) is 19.6. The maximum absolute atomic E-state index is 5.58. The van der Waals surface area contributed by atoms with Gasteiger partial charge in [-0.15, -0.1) is 0 Å². The third-order valence-corrected chi connectivity index (χ3v) is 6.05. The Balaban J connectivity index is 2.34. The van der Waals surface area contributed by atoms with E-state index in [0.717, 1.165) is 16.5 Å². The van der Waals surface area contributed by atoms with Crippen molar-refractivity contribution in [3.8, 4) is 5.75 Å². The molecule has 0 saturated carbocycles. The van der Waals surface area contributed by atoms with E-state index in [1.807, 2.05) is 25.6 Å². The molecule has 1 aliphatic rings. The van der Waals surface area contributed by atoms with Crippen LogP contribution in [0.15, 0.2) is 18.2 Å². The summed E-state index contributed by atoms with van der Waals surface area (Å²) in [6, 6.07) is 6.03. The van der Waals surface area contributed by atoms with Gasteiger partial charge in [-0.2, -0.15) is 0 Å². The zero-order valence-corrected chi connectivity index (χ0v) is 11.6. The zero-order valence-electron chi connectivity index (χ0n) is 10.6. The quantitative estimate of drug-likeness (QED) is 0.766. The van der Waals surface area contributed by atoms with Gasteiger partial charge in [-0.05, 0) is 30.8 Å². The molecule has 0 fully saturated rings. The van der Waals surface area contributed by atoms with E-state index in [1.165, 1.54) is 0 Å². The molecule has 1 aromatic carbocycles. The molecule has 0 amide bonds. The van der Waals surface area contributed by atoms with Gasteiger partial charge in [0.1, 0.15) is 5.75 Å². The van der Waals surface area contributed by atoms with Gasteiger partial charge in [0.25, 0.3) is 0 Å². The molecule has 0 aromatic heterocycles. The summed E-state index contributed by atoms with van der Waals surface area (Å²) in [5, 5.41) is 1.09. The van der Waals surface area contributed by atoms with Gasteiger partial charge in [0.15, 0.2) is 6.29 Å². The van der Waals surface area contributed by atoms with E-state index in [2.05, 4.69) is 6.07 Å². The largest absolute Gasteiger partial charge is 0.465 e. The fraction of sp³-hybridized carbons (Fsp3) is 0.500. The molecular formula is C12H18O4Si. The summed E-state index contributed by atoms with van der Waals surface area (Å²) in [7, 11) is 1.11. The molecule has 0 saturated heterocycles. The minimum absolute atomic E-state index is 0.179. The van der Waals surface area contributed by atoms with Crippen LogP contribution in [0.2, 0.25) is 6.55 Å². The summed E-state index contributed by atoms with van der Waals surface area (Å²) in [6.07, 6.45) is -0.179. The lowest BCUT2D eigenvalue weighted by atomic mass is 10.2. The first-order chi connectivity index (χ1) is 8.09. The van der Waals surface area contributed by atoms with Crippen LogP contribution in [-0.4, -0.2) is 29.1 Å². The third-order valence-electron chi connectivity index (χ3n) is 3.13. The average Bonchev–Trinajstić information content (AvgIpc) is 2.37. The maximum Gasteiger partial charge on any atom is 0.368 e. The van der Waals surface area contributed by atoms with E-state index in [9.17, 15) is 0 Å². The van der Waals surface area contributed by atoms with E-state index in [-0.39, 0.29) is 6.29 Å². The van der Waals surface area contributed by atoms with Crippen LogP contribution >= 0.6 is 0 Å². The van der Waals surface area contributed by atoms with Gasteiger partial charge in [0.05, 0.1) is 6.61 Å². The van der Waals surface area contributed by atoms with Crippen molar-refractivity contribution in [2.75, 3.05) is 14.2 Å². The summed E-state index contributed by atoms with van der Waals surface area (Å²) in [6.45, 7) is 4.48. The Kier molecular flexibility index (Phi) is 3.53. The second-order valence-corrected chi connectivity index (χ2v) is 7.46. The lowest BCUT2D eigenvalue weighted by molar-refractivity contribution is -0.0943. The predicted molar refractivity (Wildman–Crippen MR) is 66.6 cm³/mol. The van der Waals surface area contributed by atoms with Crippen LogP contribution < -0.4 is 9.92 Å². The monoisotopic (exact) mass is 254 g/mol. The molecule has 1 unspecified atom stereocenters. The van der Waals surface area contributed by atoms with Crippen molar-refractivity contribution in [2.24, 2.45) is 0 Å². The summed E-state index contributed by atoms with van der Waals surface area (Å²) < 4.78 is 22.1. The molecular weight excluding hydrogens is 236 g/mol. The second kappa shape index (κ2) is 4.78. The maximum atomic E-state index is 5.58. The minimum atomic E-state index is -2.26. The number of rotatable bonds is 3. The molecule has 1 aliphatic heterocycles. The fourth-order valence-corrected chi connectivity index (χ4v) is 3.29. The van der Waals surface area contributed by atoms with Crippen molar-refractivity contribution < 1.29 is 18.3 Å². The van der Waals surface area contributed by atoms with Crippen LogP contribution in [0.25, 0.3) is 0 Å². The molecule has 94 valence electrons. The molecule has 1 heterocycles. The van der Waals surface area contributed by atoms with Crippen LogP contribution in [-0.2, 0) is 20.2 Å². The van der Waals surface area contributed by atoms with Crippen molar-refractivity contribution in [3.05, 3.63) is 23.8 Å². The van der Waals surface area contributed by atoms with Gasteiger partial charge in [0, 0.05) is 19.8 Å². The summed E-state index contributed by atoms with van der Waals surface area (Å²) in [5.74, 6) is 0.885. The Morgan fingerprint density at radius 2 is 2.00 bits per heavy atom. The average molecular weight is 254 g/mol. The third kappa shape index (κ3) is 2.37. The van der Waals surface area contributed by atoms with Gasteiger partial charge >= 0.3 is 8.56 Å². The number of fused-ring (bicyclic) bond motifs is 1. The Hall–Kier alpha value is -0.883. The highest BCUT2D eigenvalue weighted by molar-refractivity contribution is 6.79. The van der Waals surface area contributed by atoms with E-state index < -0.39 is 8.56 Å². The van der Waals surface area contributed by atoms with E-state index in [0.29, 0.717) is 6.61 Å². The van der Waals surface area contributed by atoms with Crippen LogP contribution in [0.5, 0.6) is 5.75 Å². The highest BCUT2D eigenvalue weighted by Gasteiger charge is 2.32. The zero-order chi connectivity index (χ0) is 12.5. The summed E-state index contributed by atoms with van der Waals surface area (Å²) >= 11 is 0. The molecule has 1 aromatic rings. The van der Waals surface area contributed by atoms with Crippen molar-refractivity contribution in [3.63, 3.8) is 0 Å². The van der Waals surface area contributed by atoms with Gasteiger partial charge in [-0.25, -0.2) is 0 Å². The minimum Gasteiger partial charge on any atom is -0.465 e. The standard InChI is InChI=1S/C12H18O4Si/c1-9-15-8-10-7-11(5-6-12(10)16-9)17(4,13-2)14-3/h5-7,9H,8H2,1-4H3. The number of hydrogen-bond donors (Lipinski definition) is 0. The highest BCUT2D eigenvalue weighted by atomic mass is 28.4. The van der Waals surface area contributed by atoms with Crippen molar-refractivity contribution >= 4 is 13.7 Å². The lowest BCUT2D eigenvalue weighted by Gasteiger charge is -2.27. The van der Waals surface area contributed by atoms with Crippen LogP contribution in [0.1, 0.15) is 12.5 Å². The Morgan fingerprint density at radius 3 is 2.65 bits per heavy atom. The fourth-order valence-electron chi connectivity index (χ4n) is 1.83. The Labute approximate surface area is 103 Å². The molecule has 0 spiro atoms. The van der Waals surface area contributed by atoms with E-state index in [1.54, 1.807) is 14.2 Å². The molecule has 5 heteroatoms. The predicted octanol–water partition coefficient (Wildman–Crippen LogP) is 1.51. The number of ether oxygens (including phenoxy) is 2. The molecule has 4 nitrogen and oxygen atoms in total. The molecule has 0 N–H and O–H groups in total. The van der Waals surface area contributed by atoms with Gasteiger partial charge in [0.2, 0.25) is 0 Å². The highest BCUT2D eigenvalue weighted by Crippen LogP contribution is 2.25. The second-order valence-electron chi connectivity index (χ2n) is 4.17. The first-order valence-electron chi connectivity index (χ1n) is 5.61. The van der Waals surface area contributed by atoms with E-state index >= 15 is 0 Å². The number of hydrogen-bond acceptors (Lipinski definition) is 4. The summed E-state index contributed by atoms with van der Waals surface area (Å²) in [5.41, 5.74) is 1.05. The van der Waals surface area contributed by atoms with Gasteiger partial charge in [-0.1, -0.05) is 6.07 Å². The molecule has 17 heavy (non-hydrogen) atoms. The molecule has 0 bridgehead atoms. The summed E-state index contributed by atoms with van der Waals surface area (Å²) in [4.78, 5) is 0. The van der Waals surface area contributed by atoms with Gasteiger partial charge in [-0.3, -0.25) is 0 Å². The van der Waals surface area contributed by atoms with Crippen molar-refractivity contribution in [2.45, 2.75) is 26.4 Å². The first kappa shape index (κ1) is 12.6. The Bertz CT molecular complexity index is 403. The SMILES string of the molecule is CO[Si](C)(OC)c1ccc2c(c1)COC(C)O2. The van der Waals surface area contributed by atoms with Crippen LogP contribution in [0.3, 0.4) is 0 Å². The number of benzene rings is 1. The topological polar surface area (TPSA) is 36.9 Å². The molecule has 0 aliphatic carbocycles. The van der Waals surface area contributed by atoms with Crippen molar-refractivity contribution in [1.29, 1.82) is 0 Å². The van der Waals surface area contributed by atoms with Crippen LogP contribution in [0.4, 0.5) is 0 Å². The Morgan fingerprint density at radius 1 is 1.29 bits per heavy atom. The molecule has 2 rings (SSSR count).